The van der Waals surface area contributed by atoms with E-state index < -0.39 is 0 Å². The fourth-order valence-electron chi connectivity index (χ4n) is 2.24. The largest absolute Gasteiger partial charge is 0.322 e. The monoisotopic (exact) mass is 349 g/mol. The van der Waals surface area contributed by atoms with Gasteiger partial charge in [-0.1, -0.05) is 28.1 Å². The van der Waals surface area contributed by atoms with Crippen LogP contribution in [-0.4, -0.2) is 14.5 Å². The summed E-state index contributed by atoms with van der Waals surface area (Å²) in [4.78, 5) is 8.71. The van der Waals surface area contributed by atoms with Crippen LogP contribution in [0.1, 0.15) is 23.7 Å². The fraction of sp³-hybridized carbons (Fsp3) is 0.200. The van der Waals surface area contributed by atoms with E-state index >= 15 is 0 Å². The third-order valence-electron chi connectivity index (χ3n) is 3.19. The van der Waals surface area contributed by atoms with Crippen molar-refractivity contribution in [2.24, 2.45) is 0 Å². The average molecular weight is 351 g/mol. The first-order chi connectivity index (χ1) is 9.65. The predicted octanol–water partition coefficient (Wildman–Crippen LogP) is 4.54. The summed E-state index contributed by atoms with van der Waals surface area (Å²) in [6.07, 6.45) is 3.56. The van der Waals surface area contributed by atoms with Crippen molar-refractivity contribution >= 4 is 38.6 Å². The van der Waals surface area contributed by atoms with Crippen LogP contribution in [0.15, 0.2) is 47.2 Å². The van der Waals surface area contributed by atoms with E-state index in [0.29, 0.717) is 0 Å². The SMILES string of the molecule is CC(Cl)c1nc2cnccc2n1Cc1ccc(Br)cc1. The number of hydrogen-bond donors (Lipinski definition) is 0. The van der Waals surface area contributed by atoms with Gasteiger partial charge in [0.1, 0.15) is 11.3 Å². The number of benzene rings is 1. The van der Waals surface area contributed by atoms with Crippen LogP contribution in [0.4, 0.5) is 0 Å². The normalized spacial score (nSPS) is 12.8. The Morgan fingerprint density at radius 2 is 2.00 bits per heavy atom. The standard InChI is InChI=1S/C15H13BrClN3/c1-10(17)15-19-13-8-18-7-6-14(13)20(15)9-11-2-4-12(16)5-3-11/h2-8,10H,9H2,1H3. The second kappa shape index (κ2) is 5.54. The van der Waals surface area contributed by atoms with Crippen molar-refractivity contribution in [1.29, 1.82) is 0 Å². The van der Waals surface area contributed by atoms with Gasteiger partial charge in [-0.05, 0) is 30.7 Å². The lowest BCUT2D eigenvalue weighted by atomic mass is 10.2. The maximum absolute atomic E-state index is 6.26. The minimum Gasteiger partial charge on any atom is -0.322 e. The zero-order valence-electron chi connectivity index (χ0n) is 10.9. The van der Waals surface area contributed by atoms with Gasteiger partial charge in [0.2, 0.25) is 0 Å². The first kappa shape index (κ1) is 13.6. The molecule has 1 aromatic carbocycles. The van der Waals surface area contributed by atoms with Crippen molar-refractivity contribution < 1.29 is 0 Å². The van der Waals surface area contributed by atoms with Crippen molar-refractivity contribution in [3.63, 3.8) is 0 Å². The van der Waals surface area contributed by atoms with Crippen molar-refractivity contribution in [3.05, 3.63) is 58.6 Å². The molecular weight excluding hydrogens is 338 g/mol. The number of alkyl halides is 1. The van der Waals surface area contributed by atoms with E-state index in [2.05, 4.69) is 42.6 Å². The van der Waals surface area contributed by atoms with Crippen LogP contribution >= 0.6 is 27.5 Å². The highest BCUT2D eigenvalue weighted by atomic mass is 79.9. The van der Waals surface area contributed by atoms with Crippen LogP contribution in [0.3, 0.4) is 0 Å². The molecule has 0 aliphatic heterocycles. The Labute approximate surface area is 130 Å². The van der Waals surface area contributed by atoms with Crippen molar-refractivity contribution in [2.75, 3.05) is 0 Å². The first-order valence-electron chi connectivity index (χ1n) is 6.34. The average Bonchev–Trinajstić information content (AvgIpc) is 2.81. The van der Waals surface area contributed by atoms with Crippen LogP contribution in [0.25, 0.3) is 11.0 Å². The molecule has 3 rings (SSSR count). The van der Waals surface area contributed by atoms with Gasteiger partial charge >= 0.3 is 0 Å². The Morgan fingerprint density at radius 1 is 1.25 bits per heavy atom. The summed E-state index contributed by atoms with van der Waals surface area (Å²) in [5.41, 5.74) is 3.15. The molecule has 0 bridgehead atoms. The lowest BCUT2D eigenvalue weighted by Crippen LogP contribution is -2.05. The smallest absolute Gasteiger partial charge is 0.128 e. The number of pyridine rings is 1. The molecule has 0 amide bonds. The molecule has 102 valence electrons. The Balaban J connectivity index is 2.09. The van der Waals surface area contributed by atoms with E-state index in [1.165, 1.54) is 5.56 Å². The molecule has 2 heterocycles. The highest BCUT2D eigenvalue weighted by Gasteiger charge is 2.15. The molecule has 0 N–H and O–H groups in total. The minimum atomic E-state index is -0.141. The maximum Gasteiger partial charge on any atom is 0.128 e. The molecule has 1 unspecified atom stereocenters. The summed E-state index contributed by atoms with van der Waals surface area (Å²) in [6, 6.07) is 10.3. The van der Waals surface area contributed by atoms with Gasteiger partial charge in [-0.25, -0.2) is 4.98 Å². The van der Waals surface area contributed by atoms with E-state index in [1.54, 1.807) is 12.4 Å². The lowest BCUT2D eigenvalue weighted by Gasteiger charge is -2.10. The van der Waals surface area contributed by atoms with Crippen LogP contribution < -0.4 is 0 Å². The molecule has 0 aliphatic carbocycles. The van der Waals surface area contributed by atoms with Crippen LogP contribution in [0.2, 0.25) is 0 Å². The second-order valence-corrected chi connectivity index (χ2v) is 6.23. The zero-order chi connectivity index (χ0) is 14.1. The molecule has 0 saturated heterocycles. The molecule has 1 atom stereocenters. The van der Waals surface area contributed by atoms with Gasteiger partial charge in [0, 0.05) is 17.2 Å². The number of nitrogens with zero attached hydrogens (tertiary/aromatic N) is 3. The van der Waals surface area contributed by atoms with Crippen molar-refractivity contribution in [1.82, 2.24) is 14.5 Å². The molecule has 0 spiro atoms. The summed E-state index contributed by atoms with van der Waals surface area (Å²) in [5, 5.41) is -0.141. The highest BCUT2D eigenvalue weighted by molar-refractivity contribution is 9.10. The number of fused-ring (bicyclic) bond motifs is 1. The Morgan fingerprint density at radius 3 is 2.70 bits per heavy atom. The summed E-state index contributed by atoms with van der Waals surface area (Å²) in [5.74, 6) is 0.873. The number of hydrogen-bond acceptors (Lipinski definition) is 2. The minimum absolute atomic E-state index is 0.141. The topological polar surface area (TPSA) is 30.7 Å². The highest BCUT2D eigenvalue weighted by Crippen LogP contribution is 2.25. The number of halogens is 2. The molecular formula is C15H13BrClN3. The summed E-state index contributed by atoms with van der Waals surface area (Å²) in [7, 11) is 0. The third-order valence-corrected chi connectivity index (χ3v) is 3.91. The molecule has 20 heavy (non-hydrogen) atoms. The van der Waals surface area contributed by atoms with Gasteiger partial charge < -0.3 is 4.57 Å². The van der Waals surface area contributed by atoms with Gasteiger partial charge in [0.25, 0.3) is 0 Å². The van der Waals surface area contributed by atoms with Gasteiger partial charge in [0.15, 0.2) is 0 Å². The molecule has 3 nitrogen and oxygen atoms in total. The van der Waals surface area contributed by atoms with Gasteiger partial charge in [-0.3, -0.25) is 4.98 Å². The van der Waals surface area contributed by atoms with Gasteiger partial charge in [0.05, 0.1) is 17.1 Å². The van der Waals surface area contributed by atoms with Crippen LogP contribution in [0.5, 0.6) is 0 Å². The molecule has 2 aromatic heterocycles. The van der Waals surface area contributed by atoms with Crippen LogP contribution in [0, 0.1) is 0 Å². The third kappa shape index (κ3) is 2.58. The predicted molar refractivity (Wildman–Crippen MR) is 85.0 cm³/mol. The van der Waals surface area contributed by atoms with Crippen LogP contribution in [-0.2, 0) is 6.54 Å². The van der Waals surface area contributed by atoms with E-state index in [4.69, 9.17) is 11.6 Å². The number of aromatic nitrogens is 3. The van der Waals surface area contributed by atoms with Crippen molar-refractivity contribution in [3.8, 4) is 0 Å². The molecule has 0 saturated carbocycles. The molecule has 0 fully saturated rings. The number of imidazole rings is 1. The Hall–Kier alpha value is -1.39. The van der Waals surface area contributed by atoms with E-state index in [1.807, 2.05) is 25.1 Å². The second-order valence-electron chi connectivity index (χ2n) is 4.66. The molecule has 0 aliphatic rings. The summed E-state index contributed by atoms with van der Waals surface area (Å²) >= 11 is 9.71. The summed E-state index contributed by atoms with van der Waals surface area (Å²) in [6.45, 7) is 2.69. The van der Waals surface area contributed by atoms with E-state index in [9.17, 15) is 0 Å². The Kier molecular flexibility index (Phi) is 3.76. The van der Waals surface area contributed by atoms with Gasteiger partial charge in [-0.15, -0.1) is 11.6 Å². The molecule has 0 radical (unpaired) electrons. The molecule has 5 heteroatoms. The first-order valence-corrected chi connectivity index (χ1v) is 7.57. The molecule has 3 aromatic rings. The zero-order valence-corrected chi connectivity index (χ0v) is 13.3. The Bertz CT molecular complexity index is 734. The van der Waals surface area contributed by atoms with Gasteiger partial charge in [-0.2, -0.15) is 0 Å². The fourth-order valence-corrected chi connectivity index (χ4v) is 2.67. The van der Waals surface area contributed by atoms with E-state index in [-0.39, 0.29) is 5.38 Å². The van der Waals surface area contributed by atoms with E-state index in [0.717, 1.165) is 27.9 Å². The maximum atomic E-state index is 6.26. The lowest BCUT2D eigenvalue weighted by molar-refractivity contribution is 0.742. The summed E-state index contributed by atoms with van der Waals surface area (Å²) < 4.78 is 3.23. The number of rotatable bonds is 3. The quantitative estimate of drug-likeness (QED) is 0.649. The van der Waals surface area contributed by atoms with Crippen molar-refractivity contribution in [2.45, 2.75) is 18.8 Å².